The van der Waals surface area contributed by atoms with Gasteiger partial charge in [0.15, 0.2) is 5.65 Å². The van der Waals surface area contributed by atoms with Crippen LogP contribution < -0.4 is 0 Å². The summed E-state index contributed by atoms with van der Waals surface area (Å²) in [6.07, 6.45) is 12.2. The molecule has 0 unspecified atom stereocenters. The molecule has 3 aromatic heterocycles. The molecule has 1 fully saturated rings. The molecule has 1 saturated carbocycles. The summed E-state index contributed by atoms with van der Waals surface area (Å²) in [5.74, 6) is 1.16. The van der Waals surface area contributed by atoms with Crippen LogP contribution in [0.4, 0.5) is 0 Å². The highest BCUT2D eigenvalue weighted by atomic mass is 15.2. The summed E-state index contributed by atoms with van der Waals surface area (Å²) in [5.41, 5.74) is 3.77. The summed E-state index contributed by atoms with van der Waals surface area (Å²) in [6.45, 7) is 3.21. The van der Waals surface area contributed by atoms with E-state index in [-0.39, 0.29) is 0 Å². The van der Waals surface area contributed by atoms with E-state index < -0.39 is 0 Å². The Morgan fingerprint density at radius 1 is 1.00 bits per heavy atom. The fourth-order valence-corrected chi connectivity index (χ4v) is 3.77. The molecule has 2 aliphatic rings. The Kier molecular flexibility index (Phi) is 3.29. The van der Waals surface area contributed by atoms with Crippen LogP contribution in [-0.2, 0) is 13.0 Å². The third-order valence-corrected chi connectivity index (χ3v) is 5.35. The van der Waals surface area contributed by atoms with E-state index in [0.717, 1.165) is 60.3 Å². The van der Waals surface area contributed by atoms with Crippen molar-refractivity contribution >= 4 is 11.2 Å². The van der Waals surface area contributed by atoms with Crippen LogP contribution in [0, 0.1) is 0 Å². The molecule has 0 radical (unpaired) electrons. The lowest BCUT2D eigenvalue weighted by Crippen LogP contribution is -2.41. The maximum atomic E-state index is 4.86. The molecular weight excluding hydrogens is 300 g/mol. The van der Waals surface area contributed by atoms with E-state index in [2.05, 4.69) is 25.5 Å². The van der Waals surface area contributed by atoms with Gasteiger partial charge in [0.2, 0.25) is 0 Å². The van der Waals surface area contributed by atoms with Crippen LogP contribution in [0.15, 0.2) is 30.9 Å². The Labute approximate surface area is 140 Å². The molecular formula is C18H20N6. The molecule has 24 heavy (non-hydrogen) atoms. The molecule has 1 aliphatic heterocycles. The largest absolute Gasteiger partial charge is 0.311 e. The van der Waals surface area contributed by atoms with Crippen LogP contribution in [0.3, 0.4) is 0 Å². The average molecular weight is 320 g/mol. The first kappa shape index (κ1) is 14.0. The van der Waals surface area contributed by atoms with Gasteiger partial charge in [-0.1, -0.05) is 6.42 Å². The smallest absolute Gasteiger partial charge is 0.160 e. The second kappa shape index (κ2) is 5.63. The number of hydrogen-bond donors (Lipinski definition) is 0. The Morgan fingerprint density at radius 3 is 2.75 bits per heavy atom. The average Bonchev–Trinajstić information content (AvgIpc) is 2.81. The Bertz CT molecular complexity index is 868. The summed E-state index contributed by atoms with van der Waals surface area (Å²) < 4.78 is 2.30. The van der Waals surface area contributed by atoms with Crippen molar-refractivity contribution < 1.29 is 0 Å². The zero-order valence-electron chi connectivity index (χ0n) is 13.6. The Morgan fingerprint density at radius 2 is 1.96 bits per heavy atom. The number of pyridine rings is 1. The molecule has 4 heterocycles. The van der Waals surface area contributed by atoms with Crippen LogP contribution in [0.1, 0.15) is 25.1 Å². The predicted molar refractivity (Wildman–Crippen MR) is 91.5 cm³/mol. The highest BCUT2D eigenvalue weighted by Crippen LogP contribution is 2.27. The molecule has 0 atom stereocenters. The monoisotopic (exact) mass is 320 g/mol. The Hall–Kier alpha value is -2.34. The van der Waals surface area contributed by atoms with Crippen molar-refractivity contribution in [2.75, 3.05) is 13.1 Å². The number of rotatable bonds is 2. The number of fused-ring (bicyclic) bond motifs is 3. The van der Waals surface area contributed by atoms with Crippen LogP contribution >= 0.6 is 0 Å². The van der Waals surface area contributed by atoms with E-state index in [9.17, 15) is 0 Å². The minimum Gasteiger partial charge on any atom is -0.311 e. The van der Waals surface area contributed by atoms with Crippen LogP contribution in [0.25, 0.3) is 22.4 Å². The van der Waals surface area contributed by atoms with E-state index >= 15 is 0 Å². The molecule has 0 amide bonds. The molecule has 0 N–H and O–H groups in total. The van der Waals surface area contributed by atoms with Crippen molar-refractivity contribution in [3.05, 3.63) is 36.7 Å². The van der Waals surface area contributed by atoms with Crippen LogP contribution in [-0.4, -0.2) is 48.5 Å². The molecule has 6 heteroatoms. The van der Waals surface area contributed by atoms with E-state index in [1.807, 2.05) is 6.20 Å². The van der Waals surface area contributed by atoms with Crippen molar-refractivity contribution in [1.82, 2.24) is 29.4 Å². The summed E-state index contributed by atoms with van der Waals surface area (Å²) in [6, 6.07) is 2.88. The third kappa shape index (κ3) is 2.29. The first-order chi connectivity index (χ1) is 11.9. The van der Waals surface area contributed by atoms with Gasteiger partial charge in [-0.15, -0.1) is 0 Å². The normalized spacial score (nSPS) is 19.0. The second-order valence-electron chi connectivity index (χ2n) is 6.71. The third-order valence-electron chi connectivity index (χ3n) is 5.35. The molecule has 0 spiro atoms. The highest BCUT2D eigenvalue weighted by Gasteiger charge is 2.27. The number of nitrogens with zero attached hydrogens (tertiary/aromatic N) is 6. The molecule has 6 nitrogen and oxygen atoms in total. The minimum absolute atomic E-state index is 0.803. The lowest BCUT2D eigenvalue weighted by molar-refractivity contribution is 0.130. The van der Waals surface area contributed by atoms with Gasteiger partial charge in [-0.3, -0.25) is 14.9 Å². The summed E-state index contributed by atoms with van der Waals surface area (Å²) in [4.78, 5) is 20.7. The van der Waals surface area contributed by atoms with Crippen molar-refractivity contribution in [1.29, 1.82) is 0 Å². The van der Waals surface area contributed by atoms with Crippen molar-refractivity contribution in [3.63, 3.8) is 0 Å². The molecule has 0 bridgehead atoms. The second-order valence-corrected chi connectivity index (χ2v) is 6.71. The molecule has 0 aromatic carbocycles. The van der Waals surface area contributed by atoms with Crippen LogP contribution in [0.5, 0.6) is 0 Å². The van der Waals surface area contributed by atoms with Gasteiger partial charge in [-0.05, 0) is 18.9 Å². The van der Waals surface area contributed by atoms with E-state index in [0.29, 0.717) is 0 Å². The SMILES string of the molecule is c1cnc(-c2cnc3c(c2)nc2n3CCN(C3CCC3)CC2)cn1. The molecule has 1 aliphatic carbocycles. The maximum absolute atomic E-state index is 4.86. The molecule has 122 valence electrons. The van der Waals surface area contributed by atoms with Gasteiger partial charge >= 0.3 is 0 Å². The van der Waals surface area contributed by atoms with Gasteiger partial charge in [0.05, 0.1) is 11.9 Å². The van der Waals surface area contributed by atoms with E-state index in [1.54, 1.807) is 18.6 Å². The lowest BCUT2D eigenvalue weighted by Gasteiger charge is -2.36. The maximum Gasteiger partial charge on any atom is 0.160 e. The fraction of sp³-hybridized carbons (Fsp3) is 0.444. The summed E-state index contributed by atoms with van der Waals surface area (Å²) >= 11 is 0. The summed E-state index contributed by atoms with van der Waals surface area (Å²) in [7, 11) is 0. The number of imidazole rings is 1. The lowest BCUT2D eigenvalue weighted by atomic mass is 9.91. The topological polar surface area (TPSA) is 59.7 Å². The zero-order valence-corrected chi connectivity index (χ0v) is 13.6. The molecule has 3 aromatic rings. The van der Waals surface area contributed by atoms with Crippen LogP contribution in [0.2, 0.25) is 0 Å². The first-order valence-electron chi connectivity index (χ1n) is 8.74. The first-order valence-corrected chi connectivity index (χ1v) is 8.74. The number of hydrogen-bond acceptors (Lipinski definition) is 5. The van der Waals surface area contributed by atoms with Crippen molar-refractivity contribution in [3.8, 4) is 11.3 Å². The van der Waals surface area contributed by atoms with E-state index in [1.165, 1.54) is 19.3 Å². The quantitative estimate of drug-likeness (QED) is 0.725. The van der Waals surface area contributed by atoms with Crippen molar-refractivity contribution in [2.24, 2.45) is 0 Å². The fourth-order valence-electron chi connectivity index (χ4n) is 3.77. The van der Waals surface area contributed by atoms with Gasteiger partial charge in [0.1, 0.15) is 11.3 Å². The Balaban J connectivity index is 1.48. The predicted octanol–water partition coefficient (Wildman–Crippen LogP) is 2.30. The van der Waals surface area contributed by atoms with Gasteiger partial charge in [-0.2, -0.15) is 0 Å². The van der Waals surface area contributed by atoms with Gasteiger partial charge in [-0.25, -0.2) is 9.97 Å². The van der Waals surface area contributed by atoms with Gasteiger partial charge < -0.3 is 4.57 Å². The molecule has 5 rings (SSSR count). The zero-order chi connectivity index (χ0) is 15.9. The molecule has 0 saturated heterocycles. The number of aromatic nitrogens is 5. The van der Waals surface area contributed by atoms with Gasteiger partial charge in [0, 0.05) is 56.3 Å². The highest BCUT2D eigenvalue weighted by molar-refractivity contribution is 5.77. The van der Waals surface area contributed by atoms with Crippen molar-refractivity contribution in [2.45, 2.75) is 38.3 Å². The summed E-state index contributed by atoms with van der Waals surface area (Å²) in [5, 5.41) is 0. The minimum atomic E-state index is 0.803. The van der Waals surface area contributed by atoms with E-state index in [4.69, 9.17) is 9.97 Å². The van der Waals surface area contributed by atoms with Gasteiger partial charge in [0.25, 0.3) is 0 Å². The standard InChI is InChI=1S/C18H20N6/c1-2-14(3-1)23-7-4-17-22-15-10-13(16-12-19-5-6-20-16)11-21-18(15)24(17)9-8-23/h5-6,10-12,14H,1-4,7-9H2.